The van der Waals surface area contributed by atoms with Gasteiger partial charge in [0.2, 0.25) is 0 Å². The molecular formula is C12H16FNS. The van der Waals surface area contributed by atoms with Gasteiger partial charge >= 0.3 is 0 Å². The van der Waals surface area contributed by atoms with Crippen molar-refractivity contribution >= 4 is 11.8 Å². The van der Waals surface area contributed by atoms with E-state index in [1.807, 2.05) is 12.1 Å². The second-order valence-corrected chi connectivity index (χ2v) is 5.42. The lowest BCUT2D eigenvalue weighted by molar-refractivity contribution is 0.509. The quantitative estimate of drug-likeness (QED) is 0.779. The summed E-state index contributed by atoms with van der Waals surface area (Å²) in [6.45, 7) is 0.816. The Bertz CT molecular complexity index is 319. The Hall–Kier alpha value is -0.540. The van der Waals surface area contributed by atoms with Crippen molar-refractivity contribution in [3.8, 4) is 0 Å². The highest BCUT2D eigenvalue weighted by atomic mass is 32.2. The van der Waals surface area contributed by atoms with Crippen molar-refractivity contribution in [2.75, 3.05) is 12.3 Å². The van der Waals surface area contributed by atoms with E-state index < -0.39 is 0 Å². The molecule has 1 aliphatic carbocycles. The second kappa shape index (κ2) is 4.54. The van der Waals surface area contributed by atoms with Crippen molar-refractivity contribution in [3.05, 3.63) is 30.1 Å². The maximum absolute atomic E-state index is 12.6. The summed E-state index contributed by atoms with van der Waals surface area (Å²) in [6.07, 6.45) is 3.76. The second-order valence-electron chi connectivity index (χ2n) is 4.26. The standard InChI is InChI=1S/C12H16FNS/c13-10-1-3-11(4-2-10)15-8-7-12(9-14)5-6-12/h1-4H,5-9,14H2. The highest BCUT2D eigenvalue weighted by Gasteiger charge is 2.40. The van der Waals surface area contributed by atoms with Gasteiger partial charge in [-0.05, 0) is 61.2 Å². The molecule has 0 aliphatic heterocycles. The molecule has 1 aromatic rings. The molecule has 0 spiro atoms. The molecule has 1 aliphatic rings. The normalized spacial score (nSPS) is 17.7. The van der Waals surface area contributed by atoms with Crippen LogP contribution in [-0.2, 0) is 0 Å². The van der Waals surface area contributed by atoms with E-state index in [4.69, 9.17) is 5.73 Å². The van der Waals surface area contributed by atoms with Crippen LogP contribution in [0.2, 0.25) is 0 Å². The molecule has 0 unspecified atom stereocenters. The molecule has 3 heteroatoms. The van der Waals surface area contributed by atoms with Gasteiger partial charge in [0.25, 0.3) is 0 Å². The number of rotatable bonds is 5. The van der Waals surface area contributed by atoms with Crippen molar-refractivity contribution < 1.29 is 4.39 Å². The Balaban J connectivity index is 1.76. The van der Waals surface area contributed by atoms with Gasteiger partial charge in [-0.25, -0.2) is 4.39 Å². The summed E-state index contributed by atoms with van der Waals surface area (Å²) in [4.78, 5) is 1.14. The fraction of sp³-hybridized carbons (Fsp3) is 0.500. The van der Waals surface area contributed by atoms with Crippen LogP contribution in [0.5, 0.6) is 0 Å². The average Bonchev–Trinajstić information content (AvgIpc) is 3.02. The van der Waals surface area contributed by atoms with E-state index in [0.29, 0.717) is 5.41 Å². The third-order valence-electron chi connectivity index (χ3n) is 3.10. The molecule has 2 N–H and O–H groups in total. The summed E-state index contributed by atoms with van der Waals surface area (Å²) >= 11 is 1.79. The summed E-state index contributed by atoms with van der Waals surface area (Å²) in [7, 11) is 0. The van der Waals surface area contributed by atoms with Crippen molar-refractivity contribution in [1.82, 2.24) is 0 Å². The van der Waals surface area contributed by atoms with Crippen LogP contribution in [0.1, 0.15) is 19.3 Å². The monoisotopic (exact) mass is 225 g/mol. The van der Waals surface area contributed by atoms with Crippen molar-refractivity contribution in [2.24, 2.45) is 11.1 Å². The lowest BCUT2D eigenvalue weighted by atomic mass is 10.1. The number of thioether (sulfide) groups is 1. The first kappa shape index (κ1) is 11.0. The summed E-state index contributed by atoms with van der Waals surface area (Å²) in [5.41, 5.74) is 6.16. The molecule has 0 radical (unpaired) electrons. The molecule has 15 heavy (non-hydrogen) atoms. The number of hydrogen-bond donors (Lipinski definition) is 1. The number of halogens is 1. The zero-order valence-electron chi connectivity index (χ0n) is 8.71. The van der Waals surface area contributed by atoms with Crippen LogP contribution in [0.25, 0.3) is 0 Å². The Kier molecular flexibility index (Phi) is 3.32. The zero-order chi connectivity index (χ0) is 10.7. The minimum Gasteiger partial charge on any atom is -0.330 e. The maximum atomic E-state index is 12.6. The van der Waals surface area contributed by atoms with Gasteiger partial charge in [0.15, 0.2) is 0 Å². The Morgan fingerprint density at radius 1 is 1.27 bits per heavy atom. The maximum Gasteiger partial charge on any atom is 0.123 e. The first-order chi connectivity index (χ1) is 7.24. The van der Waals surface area contributed by atoms with Crippen molar-refractivity contribution in [1.29, 1.82) is 0 Å². The fourth-order valence-electron chi connectivity index (χ4n) is 1.65. The van der Waals surface area contributed by atoms with Crippen LogP contribution < -0.4 is 5.73 Å². The van der Waals surface area contributed by atoms with Gasteiger partial charge < -0.3 is 5.73 Å². The molecule has 82 valence electrons. The average molecular weight is 225 g/mol. The van der Waals surface area contributed by atoms with Gasteiger partial charge in [-0.2, -0.15) is 0 Å². The molecular weight excluding hydrogens is 209 g/mol. The molecule has 1 saturated carbocycles. The molecule has 1 nitrogen and oxygen atoms in total. The summed E-state index contributed by atoms with van der Waals surface area (Å²) in [6, 6.07) is 6.69. The van der Waals surface area contributed by atoms with Crippen LogP contribution in [0, 0.1) is 11.2 Å². The molecule has 0 bridgehead atoms. The van der Waals surface area contributed by atoms with Gasteiger partial charge in [0.05, 0.1) is 0 Å². The Labute approximate surface area is 94.2 Å². The number of hydrogen-bond acceptors (Lipinski definition) is 2. The largest absolute Gasteiger partial charge is 0.330 e. The van der Waals surface area contributed by atoms with E-state index in [9.17, 15) is 4.39 Å². The smallest absolute Gasteiger partial charge is 0.123 e. The van der Waals surface area contributed by atoms with Crippen LogP contribution >= 0.6 is 11.8 Å². The third-order valence-corrected chi connectivity index (χ3v) is 4.12. The minimum absolute atomic E-state index is 0.167. The van der Waals surface area contributed by atoms with Crippen LogP contribution in [-0.4, -0.2) is 12.3 Å². The lowest BCUT2D eigenvalue weighted by Crippen LogP contribution is -2.15. The zero-order valence-corrected chi connectivity index (χ0v) is 9.52. The Morgan fingerprint density at radius 3 is 2.47 bits per heavy atom. The van der Waals surface area contributed by atoms with Gasteiger partial charge in [0, 0.05) is 4.90 Å². The highest BCUT2D eigenvalue weighted by molar-refractivity contribution is 7.99. The fourth-order valence-corrected chi connectivity index (χ4v) is 2.75. The molecule has 0 aromatic heterocycles. The minimum atomic E-state index is -0.167. The predicted octanol–water partition coefficient (Wildman–Crippen LogP) is 3.05. The van der Waals surface area contributed by atoms with Crippen LogP contribution in [0.15, 0.2) is 29.2 Å². The van der Waals surface area contributed by atoms with Gasteiger partial charge in [-0.15, -0.1) is 11.8 Å². The first-order valence-corrected chi connectivity index (χ1v) is 6.31. The molecule has 0 amide bonds. The van der Waals surface area contributed by atoms with Crippen molar-refractivity contribution in [2.45, 2.75) is 24.2 Å². The molecule has 0 saturated heterocycles. The molecule has 2 rings (SSSR count). The number of nitrogens with two attached hydrogens (primary N) is 1. The summed E-state index contributed by atoms with van der Waals surface area (Å²) in [5, 5.41) is 0. The van der Waals surface area contributed by atoms with E-state index >= 15 is 0 Å². The highest BCUT2D eigenvalue weighted by Crippen LogP contribution is 2.48. The third kappa shape index (κ3) is 2.95. The number of benzene rings is 1. The lowest BCUT2D eigenvalue weighted by Gasteiger charge is -2.10. The molecule has 1 aromatic carbocycles. The first-order valence-electron chi connectivity index (χ1n) is 5.33. The van der Waals surface area contributed by atoms with E-state index in [-0.39, 0.29) is 5.82 Å². The van der Waals surface area contributed by atoms with Gasteiger partial charge in [-0.1, -0.05) is 0 Å². The topological polar surface area (TPSA) is 26.0 Å². The molecule has 1 fully saturated rings. The van der Waals surface area contributed by atoms with Gasteiger partial charge in [-0.3, -0.25) is 0 Å². The van der Waals surface area contributed by atoms with E-state index in [0.717, 1.165) is 17.2 Å². The summed E-state index contributed by atoms with van der Waals surface area (Å²) < 4.78 is 12.6. The predicted molar refractivity (Wildman–Crippen MR) is 62.5 cm³/mol. The van der Waals surface area contributed by atoms with Crippen molar-refractivity contribution in [3.63, 3.8) is 0 Å². The van der Waals surface area contributed by atoms with E-state index in [1.165, 1.54) is 31.4 Å². The van der Waals surface area contributed by atoms with E-state index in [2.05, 4.69) is 0 Å². The van der Waals surface area contributed by atoms with Crippen LogP contribution in [0.4, 0.5) is 4.39 Å². The van der Waals surface area contributed by atoms with Crippen LogP contribution in [0.3, 0.4) is 0 Å². The Morgan fingerprint density at radius 2 is 1.93 bits per heavy atom. The summed E-state index contributed by atoms with van der Waals surface area (Å²) in [5.74, 6) is 0.919. The molecule has 0 atom stereocenters. The van der Waals surface area contributed by atoms with E-state index in [1.54, 1.807) is 11.8 Å². The van der Waals surface area contributed by atoms with Gasteiger partial charge in [0.1, 0.15) is 5.82 Å². The molecule has 0 heterocycles. The SMILES string of the molecule is NCC1(CCSc2ccc(F)cc2)CC1.